The Hall–Kier alpha value is -3.12. The van der Waals surface area contributed by atoms with E-state index in [9.17, 15) is 9.59 Å². The second-order valence-electron chi connectivity index (χ2n) is 6.73. The summed E-state index contributed by atoms with van der Waals surface area (Å²) in [7, 11) is 0. The lowest BCUT2D eigenvalue weighted by Crippen LogP contribution is -2.41. The lowest BCUT2D eigenvalue weighted by Gasteiger charge is -2.17. The summed E-state index contributed by atoms with van der Waals surface area (Å²) in [5.41, 5.74) is 3.11. The topological polar surface area (TPSA) is 80.4 Å². The van der Waals surface area contributed by atoms with Crippen LogP contribution >= 0.6 is 0 Å². The maximum atomic E-state index is 12.3. The van der Waals surface area contributed by atoms with Gasteiger partial charge >= 0.3 is 11.9 Å². The molecule has 0 aliphatic rings. The first kappa shape index (κ1) is 20.6. The minimum absolute atomic E-state index is 0.0514. The molecule has 0 radical (unpaired) electrons. The molecule has 0 spiro atoms. The number of aromatic amines is 1. The van der Waals surface area contributed by atoms with Crippen LogP contribution in [-0.2, 0) is 32.1 Å². The van der Waals surface area contributed by atoms with Gasteiger partial charge in [0.2, 0.25) is 0 Å². The van der Waals surface area contributed by atoms with Crippen molar-refractivity contribution in [2.45, 2.75) is 32.4 Å². The van der Waals surface area contributed by atoms with Crippen molar-refractivity contribution in [2.24, 2.45) is 0 Å². The Morgan fingerprint density at radius 1 is 1.03 bits per heavy atom. The Labute approximate surface area is 170 Å². The molecule has 0 fully saturated rings. The minimum Gasteiger partial charge on any atom is -0.465 e. The van der Waals surface area contributed by atoms with E-state index in [4.69, 9.17) is 9.47 Å². The Morgan fingerprint density at radius 2 is 1.79 bits per heavy atom. The fourth-order valence-electron chi connectivity index (χ4n) is 3.18. The second kappa shape index (κ2) is 10.4. The number of ether oxygens (including phenoxy) is 2. The summed E-state index contributed by atoms with van der Waals surface area (Å²) < 4.78 is 10.4. The van der Waals surface area contributed by atoms with Gasteiger partial charge in [-0.1, -0.05) is 48.5 Å². The van der Waals surface area contributed by atoms with Gasteiger partial charge in [0.25, 0.3) is 0 Å². The highest BCUT2D eigenvalue weighted by Gasteiger charge is 2.21. The summed E-state index contributed by atoms with van der Waals surface area (Å²) >= 11 is 0. The van der Waals surface area contributed by atoms with E-state index in [0.29, 0.717) is 19.4 Å². The molecule has 3 aromatic rings. The van der Waals surface area contributed by atoms with E-state index < -0.39 is 12.0 Å². The largest absolute Gasteiger partial charge is 0.465 e. The number of rotatable bonds is 10. The third-order valence-corrected chi connectivity index (χ3v) is 4.68. The first-order chi connectivity index (χ1) is 14.2. The average molecular weight is 394 g/mol. The number of hydrogen-bond acceptors (Lipinski definition) is 5. The van der Waals surface area contributed by atoms with Crippen LogP contribution in [0.3, 0.4) is 0 Å². The molecule has 0 amide bonds. The molecule has 1 unspecified atom stereocenters. The number of benzene rings is 2. The van der Waals surface area contributed by atoms with E-state index in [1.807, 2.05) is 54.7 Å². The van der Waals surface area contributed by atoms with Crippen LogP contribution in [0.15, 0.2) is 60.8 Å². The molecule has 0 saturated heterocycles. The number of para-hydroxylation sites is 1. The zero-order valence-electron chi connectivity index (χ0n) is 16.5. The fourth-order valence-corrected chi connectivity index (χ4v) is 3.18. The maximum Gasteiger partial charge on any atom is 0.323 e. The van der Waals surface area contributed by atoms with E-state index >= 15 is 0 Å². The number of carbonyl (C=O) groups excluding carboxylic acids is 2. The van der Waals surface area contributed by atoms with Crippen molar-refractivity contribution in [1.29, 1.82) is 0 Å². The van der Waals surface area contributed by atoms with E-state index in [1.165, 1.54) is 0 Å². The molecule has 1 heterocycles. The van der Waals surface area contributed by atoms with Crippen LogP contribution < -0.4 is 5.32 Å². The molecule has 2 N–H and O–H groups in total. The molecule has 152 valence electrons. The second-order valence-corrected chi connectivity index (χ2v) is 6.73. The molecule has 0 bridgehead atoms. The smallest absolute Gasteiger partial charge is 0.323 e. The normalized spacial score (nSPS) is 11.9. The summed E-state index contributed by atoms with van der Waals surface area (Å²) in [6.07, 6.45) is 3.16. The number of H-pyrrole nitrogens is 1. The van der Waals surface area contributed by atoms with Gasteiger partial charge in [0.15, 0.2) is 0 Å². The van der Waals surface area contributed by atoms with Crippen LogP contribution in [0, 0.1) is 0 Å². The van der Waals surface area contributed by atoms with Crippen LogP contribution in [0.2, 0.25) is 0 Å². The highest BCUT2D eigenvalue weighted by atomic mass is 16.5. The number of carbonyl (C=O) groups is 2. The van der Waals surface area contributed by atoms with Gasteiger partial charge in [-0.25, -0.2) is 0 Å². The van der Waals surface area contributed by atoms with Crippen LogP contribution in [0.5, 0.6) is 0 Å². The number of aromatic nitrogens is 1. The predicted octanol–water partition coefficient (Wildman–Crippen LogP) is 3.37. The Morgan fingerprint density at radius 3 is 2.59 bits per heavy atom. The first-order valence-electron chi connectivity index (χ1n) is 9.82. The van der Waals surface area contributed by atoms with E-state index in [0.717, 1.165) is 22.0 Å². The Bertz CT molecular complexity index is 936. The molecule has 6 nitrogen and oxygen atoms in total. The lowest BCUT2D eigenvalue weighted by atomic mass is 10.0. The van der Waals surface area contributed by atoms with Crippen molar-refractivity contribution in [2.75, 3.05) is 13.2 Å². The van der Waals surface area contributed by atoms with Gasteiger partial charge < -0.3 is 14.5 Å². The van der Waals surface area contributed by atoms with Gasteiger partial charge in [-0.05, 0) is 37.0 Å². The molecule has 0 aliphatic carbocycles. The van der Waals surface area contributed by atoms with Gasteiger partial charge in [0.1, 0.15) is 12.6 Å². The highest BCUT2D eigenvalue weighted by molar-refractivity contribution is 5.83. The first-order valence-corrected chi connectivity index (χ1v) is 9.82. The number of fused-ring (bicyclic) bond motifs is 1. The van der Waals surface area contributed by atoms with Crippen molar-refractivity contribution in [3.05, 3.63) is 71.9 Å². The maximum absolute atomic E-state index is 12.3. The molecule has 3 rings (SSSR count). The Kier molecular flexibility index (Phi) is 7.41. The molecule has 2 aromatic carbocycles. The molecule has 0 aliphatic heterocycles. The molecule has 0 saturated carbocycles. The number of nitrogens with one attached hydrogen (secondary N) is 2. The van der Waals surface area contributed by atoms with Gasteiger partial charge in [0.05, 0.1) is 13.2 Å². The van der Waals surface area contributed by atoms with E-state index in [-0.39, 0.29) is 19.1 Å². The number of hydrogen-bond donors (Lipinski definition) is 2. The molecule has 6 heteroatoms. The van der Waals surface area contributed by atoms with Crippen molar-refractivity contribution < 1.29 is 19.1 Å². The summed E-state index contributed by atoms with van der Waals surface area (Å²) in [5, 5.41) is 4.13. The standard InChI is InChI=1S/C23H26N2O4/c1-2-28-23(27)21(13-12-18-14-24-20-11-7-6-10-19(18)20)25-15-22(26)29-16-17-8-4-3-5-9-17/h3-11,14,21,24-25H,2,12-13,15-16H2,1H3. The van der Waals surface area contributed by atoms with Gasteiger partial charge in [-0.3, -0.25) is 14.9 Å². The third kappa shape index (κ3) is 5.93. The van der Waals surface area contributed by atoms with E-state index in [1.54, 1.807) is 6.92 Å². The molecular weight excluding hydrogens is 368 g/mol. The lowest BCUT2D eigenvalue weighted by molar-refractivity contribution is -0.147. The molecule has 29 heavy (non-hydrogen) atoms. The summed E-state index contributed by atoms with van der Waals surface area (Å²) in [5.74, 6) is -0.765. The van der Waals surface area contributed by atoms with Gasteiger partial charge in [-0.2, -0.15) is 0 Å². The fraction of sp³-hybridized carbons (Fsp3) is 0.304. The van der Waals surface area contributed by atoms with Crippen LogP contribution in [0.1, 0.15) is 24.5 Å². The summed E-state index contributed by atoms with van der Waals surface area (Å²) in [4.78, 5) is 27.6. The molecule has 1 atom stereocenters. The monoisotopic (exact) mass is 394 g/mol. The zero-order valence-corrected chi connectivity index (χ0v) is 16.5. The average Bonchev–Trinajstić information content (AvgIpc) is 3.16. The van der Waals surface area contributed by atoms with Crippen LogP contribution in [0.4, 0.5) is 0 Å². The van der Waals surface area contributed by atoms with Crippen LogP contribution in [-0.4, -0.2) is 36.1 Å². The number of esters is 2. The SMILES string of the molecule is CCOC(=O)C(CCc1c[nH]c2ccccc12)NCC(=O)OCc1ccccc1. The van der Waals surface area contributed by atoms with Crippen molar-refractivity contribution >= 4 is 22.8 Å². The molecular formula is C23H26N2O4. The summed E-state index contributed by atoms with van der Waals surface area (Å²) in [6, 6.07) is 16.9. The highest BCUT2D eigenvalue weighted by Crippen LogP contribution is 2.19. The quantitative estimate of drug-likeness (QED) is 0.516. The van der Waals surface area contributed by atoms with Crippen molar-refractivity contribution in [1.82, 2.24) is 10.3 Å². The Balaban J connectivity index is 1.54. The zero-order chi connectivity index (χ0) is 20.5. The van der Waals surface area contributed by atoms with Gasteiger partial charge in [0, 0.05) is 17.1 Å². The summed E-state index contributed by atoms with van der Waals surface area (Å²) in [6.45, 7) is 2.22. The minimum atomic E-state index is -0.576. The third-order valence-electron chi connectivity index (χ3n) is 4.68. The van der Waals surface area contributed by atoms with Crippen molar-refractivity contribution in [3.8, 4) is 0 Å². The number of aryl methyl sites for hydroxylation is 1. The molecule has 1 aromatic heterocycles. The van der Waals surface area contributed by atoms with Gasteiger partial charge in [-0.15, -0.1) is 0 Å². The van der Waals surface area contributed by atoms with Crippen LogP contribution in [0.25, 0.3) is 10.9 Å². The van der Waals surface area contributed by atoms with Crippen molar-refractivity contribution in [3.63, 3.8) is 0 Å². The predicted molar refractivity (Wildman–Crippen MR) is 111 cm³/mol. The van der Waals surface area contributed by atoms with E-state index in [2.05, 4.69) is 16.4 Å².